The lowest BCUT2D eigenvalue weighted by Gasteiger charge is -2.25. The standard InChI is InChI=1S/C16H15F2NO3S/c1-9(6-11-12(17)4-3-5-13(11)18)19(2)15(20)10-7-14(16(21)22)23-8-10/h3-5,7-9H,6H2,1-2H3,(H,21,22)/t9-/m0/s1. The number of hydrogen-bond acceptors (Lipinski definition) is 3. The first kappa shape index (κ1) is 17.1. The molecule has 0 saturated heterocycles. The van der Waals surface area contributed by atoms with Crippen LogP contribution in [-0.4, -0.2) is 35.0 Å². The van der Waals surface area contributed by atoms with Crippen LogP contribution in [0.15, 0.2) is 29.6 Å². The van der Waals surface area contributed by atoms with Gasteiger partial charge in [0, 0.05) is 24.0 Å². The number of rotatable bonds is 5. The van der Waals surface area contributed by atoms with Crippen molar-refractivity contribution in [3.8, 4) is 0 Å². The molecule has 0 spiro atoms. The van der Waals surface area contributed by atoms with Gasteiger partial charge in [0.05, 0.1) is 5.56 Å². The molecule has 1 aromatic carbocycles. The van der Waals surface area contributed by atoms with E-state index in [1.54, 1.807) is 6.92 Å². The van der Waals surface area contributed by atoms with Crippen LogP contribution in [0.25, 0.3) is 0 Å². The van der Waals surface area contributed by atoms with Crippen molar-refractivity contribution in [3.63, 3.8) is 0 Å². The number of aromatic carboxylic acids is 1. The van der Waals surface area contributed by atoms with E-state index >= 15 is 0 Å². The van der Waals surface area contributed by atoms with Crippen LogP contribution in [0.5, 0.6) is 0 Å². The number of carbonyl (C=O) groups excluding carboxylic acids is 1. The predicted molar refractivity (Wildman–Crippen MR) is 82.9 cm³/mol. The van der Waals surface area contributed by atoms with Crippen molar-refractivity contribution < 1.29 is 23.5 Å². The highest BCUT2D eigenvalue weighted by molar-refractivity contribution is 7.12. The normalized spacial score (nSPS) is 12.0. The molecule has 2 rings (SSSR count). The van der Waals surface area contributed by atoms with Crippen molar-refractivity contribution >= 4 is 23.2 Å². The number of halogens is 2. The first-order valence-electron chi connectivity index (χ1n) is 6.83. The average molecular weight is 339 g/mol. The van der Waals surface area contributed by atoms with Crippen molar-refractivity contribution in [1.29, 1.82) is 0 Å². The van der Waals surface area contributed by atoms with Crippen molar-refractivity contribution in [2.75, 3.05) is 7.05 Å². The number of carboxylic acids is 1. The minimum absolute atomic E-state index is 0.0245. The maximum Gasteiger partial charge on any atom is 0.345 e. The van der Waals surface area contributed by atoms with Gasteiger partial charge >= 0.3 is 5.97 Å². The highest BCUT2D eigenvalue weighted by Gasteiger charge is 2.22. The molecule has 0 aliphatic heterocycles. The van der Waals surface area contributed by atoms with Gasteiger partial charge < -0.3 is 10.0 Å². The molecule has 1 aromatic heterocycles. The van der Waals surface area contributed by atoms with Crippen LogP contribution in [0.3, 0.4) is 0 Å². The zero-order valence-electron chi connectivity index (χ0n) is 12.5. The highest BCUT2D eigenvalue weighted by Crippen LogP contribution is 2.20. The Morgan fingerprint density at radius 2 is 1.91 bits per heavy atom. The molecule has 0 unspecified atom stereocenters. The lowest BCUT2D eigenvalue weighted by Crippen LogP contribution is -2.36. The fraction of sp³-hybridized carbons (Fsp3) is 0.250. The first-order chi connectivity index (χ1) is 10.8. The summed E-state index contributed by atoms with van der Waals surface area (Å²) in [6.07, 6.45) is 0.0245. The molecule has 7 heteroatoms. The van der Waals surface area contributed by atoms with Crippen molar-refractivity contribution in [2.45, 2.75) is 19.4 Å². The minimum atomic E-state index is -1.10. The Labute approximate surface area is 136 Å². The van der Waals surface area contributed by atoms with Crippen LogP contribution in [-0.2, 0) is 6.42 Å². The molecule has 1 N–H and O–H groups in total. The molecule has 122 valence electrons. The fourth-order valence-electron chi connectivity index (χ4n) is 2.12. The van der Waals surface area contributed by atoms with Gasteiger partial charge in [0.15, 0.2) is 0 Å². The minimum Gasteiger partial charge on any atom is -0.477 e. The van der Waals surface area contributed by atoms with Crippen LogP contribution in [0.1, 0.15) is 32.5 Å². The van der Waals surface area contributed by atoms with E-state index in [4.69, 9.17) is 5.11 Å². The number of hydrogen-bond donors (Lipinski definition) is 1. The molecule has 1 atom stereocenters. The van der Waals surface area contributed by atoms with Gasteiger partial charge in [-0.1, -0.05) is 6.07 Å². The Bertz CT molecular complexity index is 724. The summed E-state index contributed by atoms with van der Waals surface area (Å²) in [5, 5.41) is 10.3. The SMILES string of the molecule is C[C@@H](Cc1c(F)cccc1F)N(C)C(=O)c1csc(C(=O)O)c1. The zero-order chi connectivity index (χ0) is 17.1. The van der Waals surface area contributed by atoms with Crippen LogP contribution in [0.2, 0.25) is 0 Å². The molecule has 0 aliphatic carbocycles. The van der Waals surface area contributed by atoms with E-state index in [0.717, 1.165) is 11.3 Å². The third-order valence-corrected chi connectivity index (χ3v) is 4.52. The number of benzene rings is 1. The smallest absolute Gasteiger partial charge is 0.345 e. The van der Waals surface area contributed by atoms with Gasteiger partial charge in [-0.3, -0.25) is 4.79 Å². The maximum atomic E-state index is 13.7. The lowest BCUT2D eigenvalue weighted by atomic mass is 10.0. The number of carbonyl (C=O) groups is 2. The van der Waals surface area contributed by atoms with Crippen molar-refractivity contribution in [2.24, 2.45) is 0 Å². The van der Waals surface area contributed by atoms with E-state index < -0.39 is 29.6 Å². The van der Waals surface area contributed by atoms with Gasteiger partial charge in [-0.15, -0.1) is 11.3 Å². The number of thiophene rings is 1. The molecule has 4 nitrogen and oxygen atoms in total. The molecule has 0 aliphatic rings. The van der Waals surface area contributed by atoms with Gasteiger partial charge in [0.2, 0.25) is 0 Å². The second-order valence-corrected chi connectivity index (χ2v) is 6.09. The number of amides is 1. The third-order valence-electron chi connectivity index (χ3n) is 3.60. The summed E-state index contributed by atoms with van der Waals surface area (Å²) in [6, 6.07) is 4.46. The van der Waals surface area contributed by atoms with E-state index in [2.05, 4.69) is 0 Å². The van der Waals surface area contributed by atoms with E-state index in [1.807, 2.05) is 0 Å². The molecule has 0 saturated carbocycles. The topological polar surface area (TPSA) is 57.6 Å². The Morgan fingerprint density at radius 1 is 1.30 bits per heavy atom. The largest absolute Gasteiger partial charge is 0.477 e. The Morgan fingerprint density at radius 3 is 2.43 bits per heavy atom. The van der Waals surface area contributed by atoms with Gasteiger partial charge in [0.25, 0.3) is 5.91 Å². The molecule has 23 heavy (non-hydrogen) atoms. The highest BCUT2D eigenvalue weighted by atomic mass is 32.1. The average Bonchev–Trinajstić information content (AvgIpc) is 2.99. The fourth-order valence-corrected chi connectivity index (χ4v) is 2.84. The van der Waals surface area contributed by atoms with Crippen molar-refractivity contribution in [3.05, 3.63) is 57.3 Å². The quantitative estimate of drug-likeness (QED) is 0.908. The molecule has 0 fully saturated rings. The molecule has 1 heterocycles. The maximum absolute atomic E-state index is 13.7. The summed E-state index contributed by atoms with van der Waals surface area (Å²) in [5.74, 6) is -2.79. The van der Waals surface area contributed by atoms with Gasteiger partial charge in [-0.2, -0.15) is 0 Å². The summed E-state index contributed by atoms with van der Waals surface area (Å²) < 4.78 is 27.4. The van der Waals surface area contributed by atoms with Crippen molar-refractivity contribution in [1.82, 2.24) is 4.90 Å². The Hall–Kier alpha value is -2.28. The molecule has 0 radical (unpaired) electrons. The van der Waals surface area contributed by atoms with E-state index in [9.17, 15) is 18.4 Å². The Balaban J connectivity index is 2.13. The summed E-state index contributed by atoms with van der Waals surface area (Å²) in [5.41, 5.74) is 0.173. The number of likely N-dealkylation sites (N-methyl/N-ethyl adjacent to an activating group) is 1. The lowest BCUT2D eigenvalue weighted by molar-refractivity contribution is 0.0702. The van der Waals surface area contributed by atoms with Crippen LogP contribution >= 0.6 is 11.3 Å². The Kier molecular flexibility index (Phi) is 5.10. The summed E-state index contributed by atoms with van der Waals surface area (Å²) in [6.45, 7) is 1.67. The molecule has 0 bridgehead atoms. The van der Waals surface area contributed by atoms with Gasteiger partial charge in [-0.25, -0.2) is 13.6 Å². The van der Waals surface area contributed by atoms with Gasteiger partial charge in [-0.05, 0) is 31.5 Å². The first-order valence-corrected chi connectivity index (χ1v) is 7.71. The van der Waals surface area contributed by atoms with E-state index in [0.29, 0.717) is 0 Å². The number of nitrogens with zero attached hydrogens (tertiary/aromatic N) is 1. The number of carboxylic acid groups (broad SMARTS) is 1. The van der Waals surface area contributed by atoms with Crippen LogP contribution in [0.4, 0.5) is 8.78 Å². The second kappa shape index (κ2) is 6.87. The molecule has 1 amide bonds. The zero-order valence-corrected chi connectivity index (χ0v) is 13.4. The summed E-state index contributed by atoms with van der Waals surface area (Å²) in [7, 11) is 1.52. The van der Waals surface area contributed by atoms with E-state index in [-0.39, 0.29) is 22.4 Å². The van der Waals surface area contributed by atoms with E-state index in [1.165, 1.54) is 41.6 Å². The molecular formula is C16H15F2NO3S. The van der Waals surface area contributed by atoms with Gasteiger partial charge in [0.1, 0.15) is 16.5 Å². The third kappa shape index (κ3) is 3.73. The predicted octanol–water partition coefficient (Wildman–Crippen LogP) is 3.43. The molecular weight excluding hydrogens is 324 g/mol. The monoisotopic (exact) mass is 339 g/mol. The summed E-state index contributed by atoms with van der Waals surface area (Å²) >= 11 is 0.957. The summed E-state index contributed by atoms with van der Waals surface area (Å²) in [4.78, 5) is 24.6. The molecule has 2 aromatic rings. The van der Waals surface area contributed by atoms with Crippen LogP contribution < -0.4 is 0 Å². The van der Waals surface area contributed by atoms with Crippen LogP contribution in [0, 0.1) is 11.6 Å². The second-order valence-electron chi connectivity index (χ2n) is 5.17.